The topological polar surface area (TPSA) is 145 Å². The maximum Gasteiger partial charge on any atom is 0.331 e. The van der Waals surface area contributed by atoms with Crippen molar-refractivity contribution >= 4 is 11.9 Å². The molecule has 0 N–H and O–H groups in total. The highest BCUT2D eigenvalue weighted by molar-refractivity contribution is 5.91. The van der Waals surface area contributed by atoms with Gasteiger partial charge in [-0.05, 0) is 59.2 Å². The normalized spacial score (nSPS) is 19.4. The van der Waals surface area contributed by atoms with Gasteiger partial charge in [0, 0.05) is 49.8 Å². The highest BCUT2D eigenvalue weighted by atomic mass is 16.6. The molecular weight excluding hydrogens is 889 g/mol. The second-order valence-corrected chi connectivity index (χ2v) is 17.6. The first kappa shape index (κ1) is 51.9. The summed E-state index contributed by atoms with van der Waals surface area (Å²) in [6.45, 7) is 3.26. The predicted octanol–water partition coefficient (Wildman–Crippen LogP) is 7.27. The molecule has 0 saturated carbocycles. The lowest BCUT2D eigenvalue weighted by atomic mass is 9.84. The van der Waals surface area contributed by atoms with Gasteiger partial charge in [0.05, 0.1) is 136 Å². The molecule has 0 bridgehead atoms. The second-order valence-electron chi connectivity index (χ2n) is 17.6. The molecule has 0 aliphatic carbocycles. The van der Waals surface area contributed by atoms with E-state index in [1.54, 1.807) is 71.1 Å². The quantitative estimate of drug-likeness (QED) is 0.0318. The molecule has 6 rings (SSSR count). The van der Waals surface area contributed by atoms with E-state index in [1.165, 1.54) is 0 Å². The zero-order valence-corrected chi connectivity index (χ0v) is 42.3. The fourth-order valence-corrected chi connectivity index (χ4v) is 10.2. The van der Waals surface area contributed by atoms with Crippen LogP contribution in [0.3, 0.4) is 0 Å². The number of hydrogen-bond acceptors (Lipinski definition) is 14. The summed E-state index contributed by atoms with van der Waals surface area (Å²) < 4.78 is 70.1. The third kappa shape index (κ3) is 11.0. The molecule has 4 atom stereocenters. The Morgan fingerprint density at radius 1 is 0.507 bits per heavy atom. The van der Waals surface area contributed by atoms with Crippen LogP contribution in [0.5, 0.6) is 57.5 Å². The van der Waals surface area contributed by atoms with E-state index in [2.05, 4.69) is 14.1 Å². The third-order valence-corrected chi connectivity index (χ3v) is 13.7. The summed E-state index contributed by atoms with van der Waals surface area (Å²) in [6.07, 6.45) is 5.56. The molecule has 0 amide bonds. The molecule has 2 aliphatic rings. The summed E-state index contributed by atoms with van der Waals surface area (Å²) in [6, 6.07) is 15.7. The van der Waals surface area contributed by atoms with Crippen molar-refractivity contribution in [2.45, 2.75) is 44.2 Å². The van der Waals surface area contributed by atoms with E-state index in [0.717, 1.165) is 71.5 Å². The van der Waals surface area contributed by atoms with Gasteiger partial charge in [0.2, 0.25) is 11.5 Å². The van der Waals surface area contributed by atoms with Crippen LogP contribution in [-0.2, 0) is 38.3 Å². The van der Waals surface area contributed by atoms with E-state index in [1.807, 2.05) is 48.5 Å². The van der Waals surface area contributed by atoms with E-state index in [0.29, 0.717) is 98.8 Å². The Kier molecular flexibility index (Phi) is 17.4. The van der Waals surface area contributed by atoms with Gasteiger partial charge >= 0.3 is 11.9 Å². The molecule has 2 heterocycles. The van der Waals surface area contributed by atoms with E-state index < -0.39 is 11.9 Å². The zero-order valence-electron chi connectivity index (χ0n) is 42.3. The number of ether oxygens (including phenoxy) is 12. The lowest BCUT2D eigenvalue weighted by molar-refractivity contribution is -0.941. The summed E-state index contributed by atoms with van der Waals surface area (Å²) >= 11 is 0. The summed E-state index contributed by atoms with van der Waals surface area (Å²) in [5.74, 6) is 4.78. The molecule has 4 aromatic rings. The van der Waals surface area contributed by atoms with Crippen LogP contribution in [0.4, 0.5) is 0 Å². The smallest absolute Gasteiger partial charge is 0.331 e. The Labute approximate surface area is 406 Å². The Balaban J connectivity index is 1.09. The molecule has 16 heteroatoms. The van der Waals surface area contributed by atoms with Crippen molar-refractivity contribution in [2.75, 3.05) is 125 Å². The van der Waals surface area contributed by atoms with Gasteiger partial charge in [0.15, 0.2) is 46.0 Å². The van der Waals surface area contributed by atoms with Gasteiger partial charge in [-0.1, -0.05) is 6.07 Å². The predicted molar refractivity (Wildman–Crippen MR) is 259 cm³/mol. The number of methoxy groups -OCH3 is 10. The number of carbonyl (C=O) groups is 2. The number of carbonyl (C=O) groups excluding carboxylic acids is 2. The van der Waals surface area contributed by atoms with E-state index in [-0.39, 0.29) is 25.3 Å². The van der Waals surface area contributed by atoms with Gasteiger partial charge in [-0.2, -0.15) is 0 Å². The summed E-state index contributed by atoms with van der Waals surface area (Å²) in [5, 5.41) is 0. The van der Waals surface area contributed by atoms with Gasteiger partial charge in [0.25, 0.3) is 0 Å². The van der Waals surface area contributed by atoms with Crippen LogP contribution < -0.4 is 47.4 Å². The monoisotopic (exact) mass is 958 g/mol. The van der Waals surface area contributed by atoms with Crippen LogP contribution in [0.1, 0.15) is 58.3 Å². The molecule has 0 aromatic heterocycles. The fourth-order valence-electron chi connectivity index (χ4n) is 10.2. The maximum atomic E-state index is 12.9. The third-order valence-electron chi connectivity index (χ3n) is 13.7. The average molecular weight is 959 g/mol. The summed E-state index contributed by atoms with van der Waals surface area (Å²) in [7, 11) is 20.6. The Morgan fingerprint density at radius 2 is 0.957 bits per heavy atom. The van der Waals surface area contributed by atoms with E-state index in [4.69, 9.17) is 56.8 Å². The number of quaternary nitrogens is 2. The Bertz CT molecular complexity index is 2470. The minimum absolute atomic E-state index is 0.0606. The highest BCUT2D eigenvalue weighted by Gasteiger charge is 2.45. The molecule has 0 saturated heterocycles. The largest absolute Gasteiger partial charge is 0.493 e. The van der Waals surface area contributed by atoms with Crippen LogP contribution in [0.15, 0.2) is 60.7 Å². The fraction of sp³-hybridized carbons (Fsp3) is 0.472. The standard InChI is InChI=1S/C53H70N2O14/c1-54(25-21-35-31-43(62-7)50(64-9)52(66-11)47(35)38(54)29-34-15-17-39(58-3)41(30-34)60-5)23-13-27-68-45(56)19-20-46(57)69-28-14-24-55(2)26-22-36-32-44(63-8)51(65-10)53(67-12)48(36)49(55)37-16-18-40(59-4)42(33-37)61-6/h15-20,30-33,38,49H,13-14,21-29H2,1-12H3/q+2/b20-19-. The molecule has 16 nitrogen and oxygen atoms in total. The number of nitrogens with zero attached hydrogens (tertiary/aromatic N) is 2. The molecule has 0 radical (unpaired) electrons. The highest BCUT2D eigenvalue weighted by Crippen LogP contribution is 2.53. The molecule has 0 spiro atoms. The van der Waals surface area contributed by atoms with Crippen LogP contribution in [0.2, 0.25) is 0 Å². The van der Waals surface area contributed by atoms with Gasteiger partial charge < -0.3 is 65.8 Å². The molecule has 4 aromatic carbocycles. The second kappa shape index (κ2) is 23.2. The van der Waals surface area contributed by atoms with Gasteiger partial charge in [0.1, 0.15) is 12.1 Å². The molecule has 4 unspecified atom stereocenters. The van der Waals surface area contributed by atoms with Crippen molar-refractivity contribution in [3.05, 3.63) is 94.1 Å². The first-order valence-corrected chi connectivity index (χ1v) is 23.1. The number of benzene rings is 4. The van der Waals surface area contributed by atoms with Crippen LogP contribution in [0.25, 0.3) is 0 Å². The molecule has 2 aliphatic heterocycles. The van der Waals surface area contributed by atoms with Crippen molar-refractivity contribution in [3.63, 3.8) is 0 Å². The first-order chi connectivity index (χ1) is 33.3. The lowest BCUT2D eigenvalue weighted by Gasteiger charge is -2.46. The Hall–Kier alpha value is -6.52. The number of hydrogen-bond donors (Lipinski definition) is 0. The average Bonchev–Trinajstić information content (AvgIpc) is 3.37. The van der Waals surface area contributed by atoms with Gasteiger partial charge in [-0.15, -0.1) is 0 Å². The molecular formula is C53H70N2O14+2. The summed E-state index contributed by atoms with van der Waals surface area (Å²) in [5.41, 5.74) is 6.31. The van der Waals surface area contributed by atoms with Crippen LogP contribution in [-0.4, -0.2) is 145 Å². The van der Waals surface area contributed by atoms with Crippen LogP contribution in [0, 0.1) is 0 Å². The van der Waals surface area contributed by atoms with Crippen LogP contribution >= 0.6 is 0 Å². The van der Waals surface area contributed by atoms with E-state index in [9.17, 15) is 9.59 Å². The number of likely N-dealkylation sites (N-methyl/N-ethyl adjacent to an activating group) is 2. The first-order valence-electron chi connectivity index (χ1n) is 23.1. The number of fused-ring (bicyclic) bond motifs is 2. The van der Waals surface area contributed by atoms with Crippen molar-refractivity contribution in [2.24, 2.45) is 0 Å². The zero-order chi connectivity index (χ0) is 49.9. The van der Waals surface area contributed by atoms with Crippen molar-refractivity contribution in [3.8, 4) is 57.5 Å². The molecule has 0 fully saturated rings. The minimum Gasteiger partial charge on any atom is -0.493 e. The van der Waals surface area contributed by atoms with Gasteiger partial charge in [-0.25, -0.2) is 9.59 Å². The van der Waals surface area contributed by atoms with Crippen molar-refractivity contribution in [1.82, 2.24) is 0 Å². The number of rotatable bonds is 23. The lowest BCUT2D eigenvalue weighted by Crippen LogP contribution is -2.52. The minimum atomic E-state index is -0.627. The Morgan fingerprint density at radius 3 is 1.46 bits per heavy atom. The van der Waals surface area contributed by atoms with Crippen molar-refractivity contribution < 1.29 is 75.4 Å². The van der Waals surface area contributed by atoms with Crippen molar-refractivity contribution in [1.29, 1.82) is 0 Å². The van der Waals surface area contributed by atoms with E-state index >= 15 is 0 Å². The molecule has 374 valence electrons. The molecule has 69 heavy (non-hydrogen) atoms. The maximum absolute atomic E-state index is 12.9. The SMILES string of the molecule is COc1ccc(CC2c3c(cc(OC)c(OC)c3OC)CC[N+]2(C)CCCOC(=O)/C=C\C(=O)OCCC[N+]2(C)CCc3cc(OC)c(OC)c(OC)c3C2c2ccc(OC)c(OC)c2)cc1OC. The van der Waals surface area contributed by atoms with Gasteiger partial charge in [-0.3, -0.25) is 0 Å². The summed E-state index contributed by atoms with van der Waals surface area (Å²) in [4.78, 5) is 25.8. The number of esters is 2.